The third-order valence-corrected chi connectivity index (χ3v) is 3.89. The summed E-state index contributed by atoms with van der Waals surface area (Å²) >= 11 is 0. The van der Waals surface area contributed by atoms with Gasteiger partial charge in [-0.05, 0) is 36.4 Å². The number of carboxylic acids is 1. The van der Waals surface area contributed by atoms with Gasteiger partial charge in [0.2, 0.25) is 0 Å². The van der Waals surface area contributed by atoms with Gasteiger partial charge in [0, 0.05) is 5.56 Å². The van der Waals surface area contributed by atoms with Gasteiger partial charge in [0.15, 0.2) is 0 Å². The van der Waals surface area contributed by atoms with Gasteiger partial charge in [-0.25, -0.2) is 9.59 Å². The Balaban J connectivity index is 1.63. The fraction of sp³-hybridized carbons (Fsp3) is 0. The summed E-state index contributed by atoms with van der Waals surface area (Å²) in [4.78, 5) is 32.3. The van der Waals surface area contributed by atoms with Crippen molar-refractivity contribution in [3.05, 3.63) is 76.4 Å². The van der Waals surface area contributed by atoms with Crippen LogP contribution in [0.3, 0.4) is 0 Å². The Labute approximate surface area is 146 Å². The molecule has 4 aromatic rings. The smallest absolute Gasteiger partial charge is 0.336 e. The summed E-state index contributed by atoms with van der Waals surface area (Å²) in [5.74, 6) is -0.0706. The van der Waals surface area contributed by atoms with E-state index in [9.17, 15) is 14.7 Å². The first-order valence-corrected chi connectivity index (χ1v) is 7.79. The van der Waals surface area contributed by atoms with Crippen LogP contribution in [-0.2, 0) is 0 Å². The van der Waals surface area contributed by atoms with E-state index >= 15 is 0 Å². The molecule has 2 heterocycles. The molecule has 0 saturated carbocycles. The largest absolute Gasteiger partial charge is 0.478 e. The van der Waals surface area contributed by atoms with Gasteiger partial charge in [0.25, 0.3) is 0 Å². The number of H-pyrrole nitrogens is 2. The summed E-state index contributed by atoms with van der Waals surface area (Å²) in [6.45, 7) is 0. The van der Waals surface area contributed by atoms with E-state index in [4.69, 9.17) is 4.42 Å². The zero-order valence-electron chi connectivity index (χ0n) is 13.4. The average molecular weight is 347 g/mol. The highest BCUT2D eigenvalue weighted by molar-refractivity contribution is 5.95. The monoisotopic (exact) mass is 347 g/mol. The van der Waals surface area contributed by atoms with Crippen molar-refractivity contribution in [1.82, 2.24) is 9.97 Å². The second kappa shape index (κ2) is 6.21. The molecule has 0 unspecified atom stereocenters. The fourth-order valence-corrected chi connectivity index (χ4v) is 2.69. The van der Waals surface area contributed by atoms with Crippen LogP contribution in [-0.4, -0.2) is 27.3 Å². The van der Waals surface area contributed by atoms with Crippen LogP contribution < -0.4 is 5.69 Å². The number of aromatic nitrogens is 2. The number of benzene rings is 2. The molecule has 0 spiro atoms. The number of fused-ring (bicyclic) bond motifs is 1. The minimum atomic E-state index is -1.01. The predicted octanol–water partition coefficient (Wildman–Crippen LogP) is 3.57. The highest BCUT2D eigenvalue weighted by atomic mass is 16.4. The van der Waals surface area contributed by atoms with E-state index in [-0.39, 0.29) is 11.3 Å². The van der Waals surface area contributed by atoms with Crippen LogP contribution in [0.5, 0.6) is 0 Å². The molecule has 0 bridgehead atoms. The molecule has 26 heavy (non-hydrogen) atoms. The number of carboxylic acid groups (broad SMARTS) is 1. The number of hydrogen-bond donors (Lipinski definition) is 3. The molecule has 7 heteroatoms. The van der Waals surface area contributed by atoms with Crippen LogP contribution in [0.1, 0.15) is 16.1 Å². The Hall–Kier alpha value is -3.87. The molecule has 0 aliphatic rings. The van der Waals surface area contributed by atoms with Crippen LogP contribution in [0.25, 0.3) is 22.4 Å². The summed E-state index contributed by atoms with van der Waals surface area (Å²) in [5, 5.41) is 9.28. The van der Waals surface area contributed by atoms with Gasteiger partial charge < -0.3 is 19.5 Å². The third-order valence-electron chi connectivity index (χ3n) is 3.89. The minimum absolute atomic E-state index is 0.173. The molecule has 0 radical (unpaired) electrons. The minimum Gasteiger partial charge on any atom is -0.478 e. The SMILES string of the molecule is O=C(O)c1ccccc1-c1ccc(C=Nc2ccc3[nH]c(=O)[nH]c3c2)o1. The van der Waals surface area contributed by atoms with E-state index in [1.165, 1.54) is 6.07 Å². The Kier molecular flexibility index (Phi) is 3.74. The first kappa shape index (κ1) is 15.6. The molecule has 0 atom stereocenters. The molecule has 0 saturated heterocycles. The van der Waals surface area contributed by atoms with Crippen molar-refractivity contribution in [2.75, 3.05) is 0 Å². The van der Waals surface area contributed by atoms with Crippen molar-refractivity contribution in [2.24, 2.45) is 4.99 Å². The normalized spacial score (nSPS) is 11.4. The summed E-state index contributed by atoms with van der Waals surface area (Å²) in [6.07, 6.45) is 1.54. The summed E-state index contributed by atoms with van der Waals surface area (Å²) in [6, 6.07) is 15.3. The van der Waals surface area contributed by atoms with Gasteiger partial charge in [-0.15, -0.1) is 0 Å². The van der Waals surface area contributed by atoms with Gasteiger partial charge >= 0.3 is 11.7 Å². The fourth-order valence-electron chi connectivity index (χ4n) is 2.69. The van der Waals surface area contributed by atoms with E-state index in [0.717, 1.165) is 0 Å². The van der Waals surface area contributed by atoms with E-state index in [1.807, 2.05) is 0 Å². The maximum atomic E-state index is 11.3. The molecule has 3 N–H and O–H groups in total. The van der Waals surface area contributed by atoms with Crippen molar-refractivity contribution in [3.8, 4) is 11.3 Å². The maximum absolute atomic E-state index is 11.3. The molecule has 0 aliphatic carbocycles. The van der Waals surface area contributed by atoms with Crippen LogP contribution in [0, 0.1) is 0 Å². The third kappa shape index (κ3) is 2.93. The topological polar surface area (TPSA) is 111 Å². The molecule has 7 nitrogen and oxygen atoms in total. The summed E-state index contributed by atoms with van der Waals surface area (Å²) < 4.78 is 5.70. The average Bonchev–Trinajstić information content (AvgIpc) is 3.25. The van der Waals surface area contributed by atoms with Crippen molar-refractivity contribution in [1.29, 1.82) is 0 Å². The lowest BCUT2D eigenvalue weighted by molar-refractivity contribution is 0.0697. The standard InChI is InChI=1S/C19H13N3O4/c23-18(24)14-4-2-1-3-13(14)17-8-6-12(26-17)10-20-11-5-7-15-16(9-11)22-19(25)21-15/h1-10H,(H,23,24)(H2,21,22,25). The van der Waals surface area contributed by atoms with Crippen molar-refractivity contribution >= 4 is 28.9 Å². The lowest BCUT2D eigenvalue weighted by atomic mass is 10.1. The molecule has 0 amide bonds. The number of rotatable bonds is 4. The molecule has 128 valence electrons. The Bertz CT molecular complexity index is 1200. The number of nitrogens with zero attached hydrogens (tertiary/aromatic N) is 1. The van der Waals surface area contributed by atoms with Crippen LogP contribution >= 0.6 is 0 Å². The van der Waals surface area contributed by atoms with Crippen molar-refractivity contribution in [2.45, 2.75) is 0 Å². The number of aromatic carboxylic acids is 1. The Morgan fingerprint density at radius 1 is 1.04 bits per heavy atom. The second-order valence-corrected chi connectivity index (χ2v) is 5.62. The first-order chi connectivity index (χ1) is 12.6. The number of aliphatic imine (C=N–C) groups is 1. The second-order valence-electron chi connectivity index (χ2n) is 5.62. The molecule has 0 fully saturated rings. The molecular formula is C19H13N3O4. The van der Waals surface area contributed by atoms with Gasteiger partial charge in [0.1, 0.15) is 11.5 Å². The predicted molar refractivity (Wildman–Crippen MR) is 97.3 cm³/mol. The van der Waals surface area contributed by atoms with Crippen LogP contribution in [0.15, 0.2) is 68.8 Å². The quantitative estimate of drug-likeness (QED) is 0.490. The maximum Gasteiger partial charge on any atom is 0.336 e. The van der Waals surface area contributed by atoms with Crippen LogP contribution in [0.2, 0.25) is 0 Å². The summed E-state index contributed by atoms with van der Waals surface area (Å²) in [7, 11) is 0. The van der Waals surface area contributed by atoms with E-state index in [0.29, 0.717) is 33.8 Å². The number of carbonyl (C=O) groups is 1. The number of hydrogen-bond acceptors (Lipinski definition) is 4. The highest BCUT2D eigenvalue weighted by Gasteiger charge is 2.13. The molecular weight excluding hydrogens is 334 g/mol. The summed E-state index contributed by atoms with van der Waals surface area (Å²) in [5.41, 5.74) is 2.43. The molecule has 4 rings (SSSR count). The first-order valence-electron chi connectivity index (χ1n) is 7.79. The zero-order chi connectivity index (χ0) is 18.1. The molecule has 0 aliphatic heterocycles. The van der Waals surface area contributed by atoms with E-state index in [1.54, 1.807) is 54.7 Å². The number of imidazole rings is 1. The van der Waals surface area contributed by atoms with Crippen molar-refractivity contribution in [3.63, 3.8) is 0 Å². The lowest BCUT2D eigenvalue weighted by Crippen LogP contribution is -1.99. The number of aromatic amines is 2. The van der Waals surface area contributed by atoms with Crippen molar-refractivity contribution < 1.29 is 14.3 Å². The molecule has 2 aromatic carbocycles. The number of nitrogens with one attached hydrogen (secondary N) is 2. The van der Waals surface area contributed by atoms with Gasteiger partial charge in [0.05, 0.1) is 28.5 Å². The Morgan fingerprint density at radius 3 is 2.69 bits per heavy atom. The van der Waals surface area contributed by atoms with Gasteiger partial charge in [-0.2, -0.15) is 0 Å². The highest BCUT2D eigenvalue weighted by Crippen LogP contribution is 2.26. The van der Waals surface area contributed by atoms with E-state index in [2.05, 4.69) is 15.0 Å². The Morgan fingerprint density at radius 2 is 1.85 bits per heavy atom. The number of furan rings is 1. The van der Waals surface area contributed by atoms with Gasteiger partial charge in [-0.3, -0.25) is 4.99 Å². The lowest BCUT2D eigenvalue weighted by Gasteiger charge is -2.01. The van der Waals surface area contributed by atoms with Gasteiger partial charge in [-0.1, -0.05) is 18.2 Å². The van der Waals surface area contributed by atoms with E-state index < -0.39 is 5.97 Å². The zero-order valence-corrected chi connectivity index (χ0v) is 13.4. The van der Waals surface area contributed by atoms with Crippen LogP contribution in [0.4, 0.5) is 5.69 Å². The molecule has 2 aromatic heterocycles.